The fraction of sp³-hybridized carbons (Fsp3) is 0. The molecule has 0 atom stereocenters. The van der Waals surface area contributed by atoms with Crippen LogP contribution in [0.15, 0.2) is 264 Å². The van der Waals surface area contributed by atoms with Crippen LogP contribution in [-0.4, -0.2) is 19.5 Å². The lowest BCUT2D eigenvalue weighted by molar-refractivity contribution is 0.668. The van der Waals surface area contributed by atoms with Gasteiger partial charge in [0.15, 0.2) is 17.5 Å². The Morgan fingerprint density at radius 3 is 1.47 bits per heavy atom. The Morgan fingerprint density at radius 2 is 0.733 bits per heavy atom. The highest BCUT2D eigenvalue weighted by molar-refractivity contribution is 6.16. The van der Waals surface area contributed by atoms with E-state index in [4.69, 9.17) is 23.8 Å². The Bertz CT molecular complexity index is 4690. The molecule has 0 saturated carbocycles. The van der Waals surface area contributed by atoms with Gasteiger partial charge in [0.1, 0.15) is 22.3 Å². The number of rotatable bonds is 8. The molecule has 350 valence electrons. The largest absolute Gasteiger partial charge is 0.456 e. The zero-order chi connectivity index (χ0) is 49.4. The molecule has 75 heavy (non-hydrogen) atoms. The number of fused-ring (bicyclic) bond motifs is 9. The van der Waals surface area contributed by atoms with Crippen molar-refractivity contribution >= 4 is 65.7 Å². The first-order valence-electron chi connectivity index (χ1n) is 25.2. The minimum absolute atomic E-state index is 0.547. The van der Waals surface area contributed by atoms with Gasteiger partial charge in [0.25, 0.3) is 0 Å². The van der Waals surface area contributed by atoms with Crippen LogP contribution in [0.4, 0.5) is 0 Å². The summed E-state index contributed by atoms with van der Waals surface area (Å²) in [5.41, 5.74) is 18.3. The van der Waals surface area contributed by atoms with Crippen molar-refractivity contribution in [2.24, 2.45) is 0 Å². The summed E-state index contributed by atoms with van der Waals surface area (Å²) in [6, 6.07) is 89.4. The highest BCUT2D eigenvalue weighted by atomic mass is 16.3. The molecule has 0 radical (unpaired) electrons. The lowest BCUT2D eigenvalue weighted by atomic mass is 9.97. The maximum Gasteiger partial charge on any atom is 0.167 e. The van der Waals surface area contributed by atoms with Gasteiger partial charge in [-0.25, -0.2) is 15.0 Å². The topological polar surface area (TPSA) is 69.9 Å². The van der Waals surface area contributed by atoms with E-state index in [2.05, 4.69) is 217 Å². The van der Waals surface area contributed by atoms with Gasteiger partial charge in [0, 0.05) is 38.1 Å². The van der Waals surface area contributed by atoms with Crippen LogP contribution in [0, 0.1) is 0 Å². The molecule has 0 aliphatic rings. The first kappa shape index (κ1) is 42.5. The average molecular weight is 959 g/mol. The molecule has 15 aromatic rings. The molecule has 4 heterocycles. The lowest BCUT2D eigenvalue weighted by Gasteiger charge is -2.10. The lowest BCUT2D eigenvalue weighted by Crippen LogP contribution is -2.00. The van der Waals surface area contributed by atoms with Crippen LogP contribution in [0.1, 0.15) is 0 Å². The third-order valence-corrected chi connectivity index (χ3v) is 14.7. The zero-order valence-corrected chi connectivity index (χ0v) is 40.4. The Balaban J connectivity index is 0.805. The maximum atomic E-state index is 6.74. The van der Waals surface area contributed by atoms with Crippen LogP contribution in [0.5, 0.6) is 0 Å². The van der Waals surface area contributed by atoms with Crippen molar-refractivity contribution in [1.82, 2.24) is 19.5 Å². The molecule has 11 aromatic carbocycles. The van der Waals surface area contributed by atoms with Crippen LogP contribution in [0.3, 0.4) is 0 Å². The molecule has 0 aliphatic heterocycles. The average Bonchev–Trinajstić information content (AvgIpc) is 4.17. The molecular weight excluding hydrogens is 917 g/mol. The Hall–Kier alpha value is -10.2. The molecule has 0 aliphatic carbocycles. The van der Waals surface area contributed by atoms with E-state index >= 15 is 0 Å². The number of hydrogen-bond donors (Lipinski definition) is 0. The number of furan rings is 2. The van der Waals surface area contributed by atoms with Crippen molar-refractivity contribution in [1.29, 1.82) is 0 Å². The molecule has 0 fully saturated rings. The van der Waals surface area contributed by atoms with Crippen molar-refractivity contribution in [2.45, 2.75) is 0 Å². The predicted octanol–water partition coefficient (Wildman–Crippen LogP) is 18.4. The van der Waals surface area contributed by atoms with E-state index in [0.29, 0.717) is 17.5 Å². The highest BCUT2D eigenvalue weighted by Crippen LogP contribution is 2.42. The number of benzene rings is 11. The molecule has 6 heteroatoms. The molecule has 0 unspecified atom stereocenters. The fourth-order valence-electron chi connectivity index (χ4n) is 11.0. The van der Waals surface area contributed by atoms with Gasteiger partial charge in [-0.3, -0.25) is 0 Å². The zero-order valence-electron chi connectivity index (χ0n) is 40.4. The molecule has 6 nitrogen and oxygen atoms in total. The summed E-state index contributed by atoms with van der Waals surface area (Å²) in [4.78, 5) is 15.2. The molecule has 0 amide bonds. The van der Waals surface area contributed by atoms with Crippen molar-refractivity contribution in [3.8, 4) is 84.4 Å². The summed E-state index contributed by atoms with van der Waals surface area (Å²) >= 11 is 0. The summed E-state index contributed by atoms with van der Waals surface area (Å²) in [6.07, 6.45) is 0. The standard InChI is InChI=1S/C69H42N4O2/c1-4-15-43(16-5-1)45-29-31-47(32-30-45)68-70-67(46-19-8-3-9-20-46)71-69(72-68)55-25-13-24-54-57-41-51(34-37-62(57)75-66(54)55)48-21-12-22-49(39-48)52-35-38-63-58(42-52)65-61(27-14-28-64(65)74-63)73-59-26-11-10-23-53(59)56-40-50(33-36-60(56)73)44-17-6-2-7-18-44/h1-42H. The number of hydrogen-bond acceptors (Lipinski definition) is 5. The summed E-state index contributed by atoms with van der Waals surface area (Å²) in [5.74, 6) is 1.74. The Labute approximate surface area is 431 Å². The van der Waals surface area contributed by atoms with E-state index in [1.54, 1.807) is 0 Å². The second-order valence-electron chi connectivity index (χ2n) is 19.1. The first-order valence-corrected chi connectivity index (χ1v) is 25.2. The van der Waals surface area contributed by atoms with E-state index in [-0.39, 0.29) is 0 Å². The van der Waals surface area contributed by atoms with Gasteiger partial charge in [-0.15, -0.1) is 0 Å². The molecule has 0 saturated heterocycles. The molecule has 0 N–H and O–H groups in total. The van der Waals surface area contributed by atoms with Gasteiger partial charge < -0.3 is 13.4 Å². The van der Waals surface area contributed by atoms with Crippen LogP contribution in [0.25, 0.3) is 150 Å². The van der Waals surface area contributed by atoms with Crippen LogP contribution in [-0.2, 0) is 0 Å². The monoisotopic (exact) mass is 958 g/mol. The molecule has 0 spiro atoms. The van der Waals surface area contributed by atoms with Gasteiger partial charge in [-0.2, -0.15) is 0 Å². The van der Waals surface area contributed by atoms with E-state index in [0.717, 1.165) is 111 Å². The molecule has 0 bridgehead atoms. The van der Waals surface area contributed by atoms with Gasteiger partial charge in [-0.1, -0.05) is 188 Å². The fourth-order valence-corrected chi connectivity index (χ4v) is 11.0. The Kier molecular flexibility index (Phi) is 9.78. The minimum atomic E-state index is 0.547. The normalized spacial score (nSPS) is 11.7. The van der Waals surface area contributed by atoms with E-state index in [9.17, 15) is 0 Å². The van der Waals surface area contributed by atoms with E-state index in [1.807, 2.05) is 42.5 Å². The smallest absolute Gasteiger partial charge is 0.167 e. The second kappa shape index (κ2) is 17.3. The van der Waals surface area contributed by atoms with Gasteiger partial charge in [0.05, 0.1) is 27.7 Å². The van der Waals surface area contributed by atoms with Gasteiger partial charge in [-0.05, 0) is 111 Å². The van der Waals surface area contributed by atoms with Crippen molar-refractivity contribution in [3.63, 3.8) is 0 Å². The van der Waals surface area contributed by atoms with E-state index in [1.165, 1.54) is 21.9 Å². The third-order valence-electron chi connectivity index (χ3n) is 14.7. The predicted molar refractivity (Wildman–Crippen MR) is 307 cm³/mol. The SMILES string of the molecule is c1ccc(-c2ccc(-c3nc(-c4ccccc4)nc(-c4cccc5c4oc4ccc(-c6cccc(-c7ccc8oc9cccc(-n%10c%11ccccc%11c%11cc(-c%12ccccc%12)ccc%11%10)c9c8c7)c6)cc45)n3)cc2)cc1. The van der Waals surface area contributed by atoms with Crippen LogP contribution < -0.4 is 0 Å². The van der Waals surface area contributed by atoms with Crippen molar-refractivity contribution in [3.05, 3.63) is 255 Å². The summed E-state index contributed by atoms with van der Waals surface area (Å²) in [7, 11) is 0. The quantitative estimate of drug-likeness (QED) is 0.152. The Morgan fingerprint density at radius 1 is 0.267 bits per heavy atom. The van der Waals surface area contributed by atoms with Crippen molar-refractivity contribution in [2.75, 3.05) is 0 Å². The second-order valence-corrected chi connectivity index (χ2v) is 19.1. The van der Waals surface area contributed by atoms with Crippen molar-refractivity contribution < 1.29 is 8.83 Å². The molecule has 4 aromatic heterocycles. The third kappa shape index (κ3) is 7.22. The van der Waals surface area contributed by atoms with Gasteiger partial charge in [0.2, 0.25) is 0 Å². The summed E-state index contributed by atoms with van der Waals surface area (Å²) in [5, 5.41) is 6.59. The number of nitrogens with zero attached hydrogens (tertiary/aromatic N) is 4. The number of para-hydroxylation sites is 2. The number of aromatic nitrogens is 4. The van der Waals surface area contributed by atoms with E-state index < -0.39 is 0 Å². The molecule has 15 rings (SSSR count). The van der Waals surface area contributed by atoms with Crippen LogP contribution >= 0.6 is 0 Å². The molecular formula is C69H42N4O2. The van der Waals surface area contributed by atoms with Gasteiger partial charge >= 0.3 is 0 Å². The maximum absolute atomic E-state index is 6.74. The van der Waals surface area contributed by atoms with Crippen LogP contribution in [0.2, 0.25) is 0 Å². The highest BCUT2D eigenvalue weighted by Gasteiger charge is 2.21. The summed E-state index contributed by atoms with van der Waals surface area (Å²) < 4.78 is 15.8. The first-order chi connectivity index (χ1) is 37.1. The minimum Gasteiger partial charge on any atom is -0.456 e. The summed E-state index contributed by atoms with van der Waals surface area (Å²) in [6.45, 7) is 0.